The van der Waals surface area contributed by atoms with Crippen LogP contribution in [0.5, 0.6) is 0 Å². The summed E-state index contributed by atoms with van der Waals surface area (Å²) in [5.41, 5.74) is 16.4. The molecule has 4 aromatic carbocycles. The Balaban J connectivity index is 0.000000313. The van der Waals surface area contributed by atoms with E-state index in [-0.39, 0.29) is 17.1 Å². The maximum absolute atomic E-state index is 8.49. The smallest absolute Gasteiger partial charge is 0.222 e. The van der Waals surface area contributed by atoms with Gasteiger partial charge in [-0.2, -0.15) is 0 Å². The molecule has 0 unspecified atom stereocenters. The molecule has 6 aromatic rings. The van der Waals surface area contributed by atoms with Crippen molar-refractivity contribution in [2.24, 2.45) is 0 Å². The zero-order chi connectivity index (χ0) is 48.8. The Morgan fingerprint density at radius 1 is 0.379 bits per heavy atom. The van der Waals surface area contributed by atoms with E-state index in [0.717, 1.165) is 9.45 Å². The van der Waals surface area contributed by atoms with Gasteiger partial charge in [-0.3, -0.25) is 0 Å². The summed E-state index contributed by atoms with van der Waals surface area (Å²) in [6.45, 7) is 36.5. The Morgan fingerprint density at radius 3 is 0.742 bits per heavy atom. The van der Waals surface area contributed by atoms with Gasteiger partial charge in [0, 0.05) is 0 Å². The third kappa shape index (κ3) is 13.6. The number of halogens is 1. The van der Waals surface area contributed by atoms with Crippen LogP contribution in [0.2, 0.25) is 0 Å². The Hall–Kier alpha value is -3.01. The number of imidazole rings is 2. The fourth-order valence-electron chi connectivity index (χ4n) is 8.59. The van der Waals surface area contributed by atoms with Gasteiger partial charge >= 0.3 is 400 Å². The maximum atomic E-state index is 8.49. The summed E-state index contributed by atoms with van der Waals surface area (Å²) in [5, 5.41) is 0. The minimum absolute atomic E-state index is 0. The number of rotatable bonds is 12. The molecule has 12 heteroatoms. The first-order valence-electron chi connectivity index (χ1n) is 23.0. The molecule has 0 saturated heterocycles. The van der Waals surface area contributed by atoms with E-state index < -0.39 is 10.2 Å². The molecule has 0 spiro atoms. The van der Waals surface area contributed by atoms with E-state index in [1.165, 1.54) is 67.3 Å². The van der Waals surface area contributed by atoms with Crippen molar-refractivity contribution in [3.05, 3.63) is 142 Å². The summed E-state index contributed by atoms with van der Waals surface area (Å²) in [7, 11) is -4.94. The second-order valence-electron chi connectivity index (χ2n) is 19.4. The fourth-order valence-corrected chi connectivity index (χ4v) is 9.87. The van der Waals surface area contributed by atoms with Gasteiger partial charge in [0.2, 0.25) is 0 Å². The predicted molar refractivity (Wildman–Crippen MR) is 258 cm³/mol. The second-order valence-corrected chi connectivity index (χ2v) is 21.7. The van der Waals surface area contributed by atoms with E-state index in [1.807, 2.05) is 0 Å². The van der Waals surface area contributed by atoms with Crippen LogP contribution in [0.15, 0.2) is 97.6 Å². The van der Waals surface area contributed by atoms with Gasteiger partial charge in [0.1, 0.15) is 0 Å². The summed E-state index contributed by atoms with van der Waals surface area (Å²) in [6, 6.07) is 27.0. The topological polar surface area (TPSA) is 110 Å². The minimum atomic E-state index is -4.94. The fraction of sp³-hybridized carbons (Fsp3) is 0.444. The molecular formula is C54H72ClCuN4O4Se2. The van der Waals surface area contributed by atoms with Crippen molar-refractivity contribution in [2.45, 2.75) is 158 Å². The van der Waals surface area contributed by atoms with Crippen LogP contribution < -0.4 is 37.2 Å². The van der Waals surface area contributed by atoms with Crippen LogP contribution >= 0.6 is 0 Å². The van der Waals surface area contributed by atoms with Crippen molar-refractivity contribution in [3.63, 3.8) is 0 Å². The molecule has 0 aliphatic heterocycles. The van der Waals surface area contributed by atoms with Crippen LogP contribution in [0.1, 0.15) is 203 Å². The van der Waals surface area contributed by atoms with E-state index in [2.05, 4.69) is 259 Å². The summed E-state index contributed by atoms with van der Waals surface area (Å²) in [5.74, 6) is 3.69. The quantitative estimate of drug-likeness (QED) is 0.0946. The number of para-hydroxylation sites is 4. The molecule has 0 amide bonds. The molecule has 2 heterocycles. The molecule has 0 bridgehead atoms. The molecule has 0 saturated carbocycles. The van der Waals surface area contributed by atoms with Crippen molar-refractivity contribution in [1.29, 1.82) is 0 Å². The monoisotopic (exact) mass is 1100 g/mol. The molecule has 2 aromatic heterocycles. The molecule has 0 aliphatic carbocycles. The van der Waals surface area contributed by atoms with E-state index >= 15 is 0 Å². The van der Waals surface area contributed by atoms with E-state index in [1.54, 1.807) is 0 Å². The first kappa shape index (κ1) is 57.3. The molecule has 0 fully saturated rings. The van der Waals surface area contributed by atoms with Crippen molar-refractivity contribution in [2.75, 3.05) is 0 Å². The average Bonchev–Trinajstić information content (AvgIpc) is 3.79. The molecule has 362 valence electrons. The van der Waals surface area contributed by atoms with Crippen LogP contribution in [0.4, 0.5) is 0 Å². The molecule has 0 N–H and O–H groups in total. The van der Waals surface area contributed by atoms with Gasteiger partial charge in [0.25, 0.3) is 0 Å². The Kier molecular flexibility index (Phi) is 21.3. The summed E-state index contributed by atoms with van der Waals surface area (Å²) < 4.78 is 45.6. The number of hydrogen-bond acceptors (Lipinski definition) is 4. The normalized spacial score (nSPS) is 11.8. The van der Waals surface area contributed by atoms with E-state index in [4.69, 9.17) is 18.6 Å². The third-order valence-electron chi connectivity index (χ3n) is 11.9. The summed E-state index contributed by atoms with van der Waals surface area (Å²) in [6.07, 6.45) is 8.89. The van der Waals surface area contributed by atoms with E-state index in [0.29, 0.717) is 47.3 Å². The van der Waals surface area contributed by atoms with Gasteiger partial charge in [-0.15, -0.1) is 10.2 Å². The summed E-state index contributed by atoms with van der Waals surface area (Å²) >= 11 is 6.81. The van der Waals surface area contributed by atoms with Crippen LogP contribution in [0.3, 0.4) is 0 Å². The van der Waals surface area contributed by atoms with Crippen molar-refractivity contribution >= 4 is 41.5 Å². The molecule has 0 atom stereocenters. The largest absolute Gasteiger partial charge is 1.00 e. The standard InChI is InChI=1S/2C27H36N2Se.ClHO4.Cu/c2*1-17(2)21-11-9-12-22(18(3)4)25(21)28-15-16-29(27(28)30)26-23(19(5)6)13-10-14-24(26)20(7)8;2-1(3,4)5;/h2*9-20H,1-8H3;(H,2,3,4,5);/q;;;+1/p-1. The van der Waals surface area contributed by atoms with Gasteiger partial charge in [-0.1, -0.05) is 0 Å². The van der Waals surface area contributed by atoms with Gasteiger partial charge in [-0.05, 0) is 0 Å². The molecule has 8 nitrogen and oxygen atoms in total. The first-order valence-corrected chi connectivity index (χ1v) is 26.0. The van der Waals surface area contributed by atoms with Gasteiger partial charge in [-0.25, -0.2) is 18.6 Å². The molecule has 0 radical (unpaired) electrons. The number of aromatic nitrogens is 4. The van der Waals surface area contributed by atoms with Crippen LogP contribution in [0, 0.1) is 10.2 Å². The Morgan fingerprint density at radius 2 is 0.561 bits per heavy atom. The van der Waals surface area contributed by atoms with Crippen LogP contribution in [-0.4, -0.2) is 41.2 Å². The zero-order valence-corrected chi connectivity index (χ0v) is 46.9. The first-order chi connectivity index (χ1) is 30.3. The summed E-state index contributed by atoms with van der Waals surface area (Å²) in [4.78, 5) is 0. The third-order valence-corrected chi connectivity index (χ3v) is 13.5. The van der Waals surface area contributed by atoms with Crippen molar-refractivity contribution in [3.8, 4) is 22.7 Å². The number of benzene rings is 4. The van der Waals surface area contributed by atoms with Gasteiger partial charge in [0.15, 0.2) is 0 Å². The molecule has 66 heavy (non-hydrogen) atoms. The second kappa shape index (κ2) is 24.5. The van der Waals surface area contributed by atoms with Gasteiger partial charge in [0.05, 0.1) is 0 Å². The number of nitrogens with zero attached hydrogens (tertiary/aromatic N) is 4. The Labute approximate surface area is 425 Å². The zero-order valence-electron chi connectivity index (χ0n) is 41.8. The van der Waals surface area contributed by atoms with Crippen molar-refractivity contribution in [1.82, 2.24) is 9.13 Å². The van der Waals surface area contributed by atoms with Gasteiger partial charge < -0.3 is 0 Å². The predicted octanol–water partition coefficient (Wildman–Crippen LogP) is 7.32. The SMILES string of the molecule is CC(C)c1cccc(C(C)C)c1-n1cc[n+](-c2c(C(C)C)cccc2C(C)C)c1[Se-].CC(C)c1cccc(C(C)C)c1-n1cc[n+](-c2c(C(C)C)cccc2C(C)C)c1[Se-].[Cu+].[O-][Cl+3]([O-])([O-])[O-]. The maximum Gasteiger partial charge on any atom is 1.00 e. The average molecular weight is 1100 g/mol. The number of hydrogen-bond donors (Lipinski definition) is 0. The molecule has 0 aliphatic rings. The van der Waals surface area contributed by atoms with Crippen LogP contribution in [-0.2, 0) is 17.1 Å². The Bertz CT molecular complexity index is 2080. The van der Waals surface area contributed by atoms with E-state index in [9.17, 15) is 0 Å². The molecular weight excluding hydrogens is 1030 g/mol. The molecule has 6 rings (SSSR count). The van der Waals surface area contributed by atoms with Crippen molar-refractivity contribution < 1.29 is 55.1 Å². The van der Waals surface area contributed by atoms with Crippen LogP contribution in [0.25, 0.3) is 22.7 Å². The minimum Gasteiger partial charge on any atom is -0.222 e.